The second-order valence-corrected chi connectivity index (χ2v) is 11.1. The van der Waals surface area contributed by atoms with Gasteiger partial charge in [-0.1, -0.05) is 61.4 Å². The predicted octanol–water partition coefficient (Wildman–Crippen LogP) is 7.10. The number of H-pyrrole nitrogens is 1. The molecule has 0 radical (unpaired) electrons. The van der Waals surface area contributed by atoms with E-state index in [-0.39, 0.29) is 16.7 Å². The first-order valence-electron chi connectivity index (χ1n) is 12.0. The van der Waals surface area contributed by atoms with Gasteiger partial charge in [0.2, 0.25) is 5.88 Å². The number of aryl methyl sites for hydroxylation is 4. The first-order chi connectivity index (χ1) is 16.0. The minimum Gasteiger partial charge on any atom is -0.494 e. The van der Waals surface area contributed by atoms with Crippen LogP contribution in [0.5, 0.6) is 5.88 Å². The van der Waals surface area contributed by atoms with E-state index in [4.69, 9.17) is 4.98 Å². The quantitative estimate of drug-likeness (QED) is 0.311. The second-order valence-electron chi connectivity index (χ2n) is 9.03. The molecule has 0 amide bonds. The van der Waals surface area contributed by atoms with Crippen LogP contribution in [0, 0.1) is 6.92 Å². The molecule has 2 N–H and O–H groups in total. The molecule has 1 unspecified atom stereocenters. The van der Waals surface area contributed by atoms with Gasteiger partial charge in [0.05, 0.1) is 4.88 Å². The zero-order valence-corrected chi connectivity index (χ0v) is 21.1. The summed E-state index contributed by atoms with van der Waals surface area (Å²) in [7, 11) is 0. The molecule has 1 atom stereocenters. The summed E-state index contributed by atoms with van der Waals surface area (Å²) in [5.41, 5.74) is 7.43. The Bertz CT molecular complexity index is 1360. The lowest BCUT2D eigenvalue weighted by atomic mass is 9.82. The largest absolute Gasteiger partial charge is 0.494 e. The zero-order chi connectivity index (χ0) is 23.1. The maximum Gasteiger partial charge on any atom is 0.307 e. The molecule has 172 valence electrons. The molecule has 0 saturated carbocycles. The van der Waals surface area contributed by atoms with Crippen molar-refractivity contribution in [1.29, 1.82) is 0 Å². The maximum absolute atomic E-state index is 12.1. The van der Waals surface area contributed by atoms with E-state index in [9.17, 15) is 9.90 Å². The number of thiazole rings is 1. The Morgan fingerprint density at radius 3 is 2.55 bits per heavy atom. The molecular weight excluding hydrogens is 448 g/mol. The van der Waals surface area contributed by atoms with Crippen molar-refractivity contribution in [2.45, 2.75) is 71.6 Å². The van der Waals surface area contributed by atoms with Crippen molar-refractivity contribution in [2.24, 2.45) is 0 Å². The molecular formula is C27H30N2O2S2. The van der Waals surface area contributed by atoms with Gasteiger partial charge in [-0.2, -0.15) is 0 Å². The molecule has 0 aliphatic heterocycles. The zero-order valence-electron chi connectivity index (χ0n) is 19.5. The highest BCUT2D eigenvalue weighted by Gasteiger charge is 2.30. The topological polar surface area (TPSA) is 66.0 Å². The van der Waals surface area contributed by atoms with Gasteiger partial charge in [-0.05, 0) is 67.7 Å². The predicted molar refractivity (Wildman–Crippen MR) is 139 cm³/mol. The summed E-state index contributed by atoms with van der Waals surface area (Å²) in [5.74, 6) is -0.0611. The Kier molecular flexibility index (Phi) is 6.14. The van der Waals surface area contributed by atoms with Crippen LogP contribution in [-0.2, 0) is 19.3 Å². The average Bonchev–Trinajstić information content (AvgIpc) is 3.35. The Labute approximate surface area is 202 Å². The number of nitrogens with zero attached hydrogens (tertiary/aromatic N) is 1. The monoisotopic (exact) mass is 478 g/mol. The Hall–Kier alpha value is -2.44. The fourth-order valence-corrected chi connectivity index (χ4v) is 7.44. The van der Waals surface area contributed by atoms with Crippen LogP contribution >= 0.6 is 22.7 Å². The molecule has 1 aromatic carbocycles. The summed E-state index contributed by atoms with van der Waals surface area (Å²) >= 11 is 3.00. The minimum atomic E-state index is -0.208. The summed E-state index contributed by atoms with van der Waals surface area (Å²) in [6, 6.07) is 8.80. The third-order valence-corrected chi connectivity index (χ3v) is 8.96. The van der Waals surface area contributed by atoms with Gasteiger partial charge in [-0.3, -0.25) is 9.78 Å². The summed E-state index contributed by atoms with van der Waals surface area (Å²) in [5, 5.41) is 12.0. The number of nitrogens with one attached hydrogen (secondary N) is 1. The van der Waals surface area contributed by atoms with E-state index < -0.39 is 0 Å². The van der Waals surface area contributed by atoms with Gasteiger partial charge in [-0.25, -0.2) is 4.98 Å². The normalized spacial score (nSPS) is 14.5. The molecule has 0 bridgehead atoms. The number of hydrogen-bond donors (Lipinski definition) is 2. The van der Waals surface area contributed by atoms with Crippen LogP contribution in [0.4, 0.5) is 0 Å². The van der Waals surface area contributed by atoms with E-state index >= 15 is 0 Å². The second kappa shape index (κ2) is 9.07. The Morgan fingerprint density at radius 1 is 1.12 bits per heavy atom. The lowest BCUT2D eigenvalue weighted by Gasteiger charge is -2.24. The highest BCUT2D eigenvalue weighted by molar-refractivity contribution is 7.19. The summed E-state index contributed by atoms with van der Waals surface area (Å²) < 4.78 is 0. The SMILES string of the molecule is CCCC(c1sc(=O)[nH]c1O)c1c(CC)nc2sc3c(c2c1-c1ccc(C)cc1)CCCC3. The van der Waals surface area contributed by atoms with E-state index in [2.05, 4.69) is 50.0 Å². The van der Waals surface area contributed by atoms with Crippen LogP contribution in [0.1, 0.15) is 77.6 Å². The Balaban J connectivity index is 1.90. The van der Waals surface area contributed by atoms with Crippen LogP contribution in [0.2, 0.25) is 0 Å². The number of aromatic amines is 1. The molecule has 1 aliphatic rings. The number of pyridine rings is 1. The average molecular weight is 479 g/mol. The highest BCUT2D eigenvalue weighted by atomic mass is 32.1. The van der Waals surface area contributed by atoms with Crippen molar-refractivity contribution in [2.75, 3.05) is 0 Å². The lowest BCUT2D eigenvalue weighted by molar-refractivity contribution is 0.445. The molecule has 4 nitrogen and oxygen atoms in total. The molecule has 0 spiro atoms. The van der Waals surface area contributed by atoms with Gasteiger partial charge in [0.1, 0.15) is 4.83 Å². The third-order valence-electron chi connectivity index (χ3n) is 6.79. The summed E-state index contributed by atoms with van der Waals surface area (Å²) in [6.45, 7) is 6.44. The van der Waals surface area contributed by atoms with E-state index in [0.29, 0.717) is 0 Å². The first kappa shape index (κ1) is 22.4. The lowest BCUT2D eigenvalue weighted by Crippen LogP contribution is -2.09. The maximum atomic E-state index is 12.1. The van der Waals surface area contributed by atoms with Crippen molar-refractivity contribution in [1.82, 2.24) is 9.97 Å². The standard InChI is InChI=1S/C27H30N2O2S2/c1-4-8-18(24-25(30)29-27(31)33-24)22-19(5-2)28-26-23(17-9-6-7-10-20(17)32-26)21(22)16-13-11-15(3)12-14-16/h11-14,18,30H,4-10H2,1-3H3,(H,29,31). The van der Waals surface area contributed by atoms with Gasteiger partial charge in [0.15, 0.2) is 0 Å². The van der Waals surface area contributed by atoms with E-state index in [0.717, 1.165) is 58.8 Å². The molecule has 3 heterocycles. The number of fused-ring (bicyclic) bond motifs is 3. The molecule has 4 aromatic rings. The van der Waals surface area contributed by atoms with Gasteiger partial charge in [0, 0.05) is 21.9 Å². The molecule has 1 aliphatic carbocycles. The van der Waals surface area contributed by atoms with Gasteiger partial charge in [0.25, 0.3) is 0 Å². The number of thiophene rings is 1. The van der Waals surface area contributed by atoms with E-state index in [1.54, 1.807) is 0 Å². The van der Waals surface area contributed by atoms with Crippen molar-refractivity contribution in [3.05, 3.63) is 66.1 Å². The number of aromatic hydroxyl groups is 1. The molecule has 0 saturated heterocycles. The van der Waals surface area contributed by atoms with Crippen LogP contribution in [0.3, 0.4) is 0 Å². The van der Waals surface area contributed by atoms with E-state index in [1.165, 1.54) is 50.9 Å². The molecule has 33 heavy (non-hydrogen) atoms. The molecule has 6 heteroatoms. The van der Waals surface area contributed by atoms with E-state index in [1.807, 2.05) is 11.3 Å². The van der Waals surface area contributed by atoms with Crippen molar-refractivity contribution >= 4 is 32.9 Å². The molecule has 0 fully saturated rings. The van der Waals surface area contributed by atoms with Crippen LogP contribution in [0.25, 0.3) is 21.3 Å². The fourth-order valence-electron chi connectivity index (χ4n) is 5.28. The number of benzene rings is 1. The third kappa shape index (κ3) is 3.93. The number of rotatable bonds is 6. The first-order valence-corrected chi connectivity index (χ1v) is 13.6. The van der Waals surface area contributed by atoms with Gasteiger partial charge >= 0.3 is 4.87 Å². The molecule has 3 aromatic heterocycles. The summed E-state index contributed by atoms with van der Waals surface area (Å²) in [6.07, 6.45) is 7.32. The Morgan fingerprint density at radius 2 is 1.88 bits per heavy atom. The highest BCUT2D eigenvalue weighted by Crippen LogP contribution is 2.48. The van der Waals surface area contributed by atoms with Crippen molar-refractivity contribution in [3.8, 4) is 17.0 Å². The minimum absolute atomic E-state index is 0.00723. The van der Waals surface area contributed by atoms with Gasteiger partial charge in [-0.15, -0.1) is 11.3 Å². The smallest absolute Gasteiger partial charge is 0.307 e. The fraction of sp³-hybridized carbons (Fsp3) is 0.407. The molecule has 5 rings (SSSR count). The van der Waals surface area contributed by atoms with Crippen LogP contribution in [0.15, 0.2) is 29.1 Å². The van der Waals surface area contributed by atoms with Gasteiger partial charge < -0.3 is 5.11 Å². The van der Waals surface area contributed by atoms with Crippen molar-refractivity contribution in [3.63, 3.8) is 0 Å². The summed E-state index contributed by atoms with van der Waals surface area (Å²) in [4.78, 5) is 23.1. The van der Waals surface area contributed by atoms with Crippen LogP contribution in [-0.4, -0.2) is 15.1 Å². The number of hydrogen-bond acceptors (Lipinski definition) is 5. The number of aromatic nitrogens is 2. The van der Waals surface area contributed by atoms with Crippen molar-refractivity contribution < 1.29 is 5.11 Å². The van der Waals surface area contributed by atoms with Crippen LogP contribution < -0.4 is 4.87 Å².